The maximum atomic E-state index is 11.7. The molecule has 0 aliphatic rings. The highest BCUT2D eigenvalue weighted by atomic mass is 32.1. The van der Waals surface area contributed by atoms with Crippen molar-refractivity contribution in [2.75, 3.05) is 26.7 Å². The predicted molar refractivity (Wildman–Crippen MR) is 94.7 cm³/mol. The van der Waals surface area contributed by atoms with Gasteiger partial charge in [0.05, 0.1) is 4.88 Å². The van der Waals surface area contributed by atoms with Crippen LogP contribution in [-0.2, 0) is 0 Å². The van der Waals surface area contributed by atoms with Gasteiger partial charge < -0.3 is 16.0 Å². The number of nitrogens with zero attached hydrogens (tertiary/aromatic N) is 1. The monoisotopic (exact) mass is 324 g/mol. The zero-order valence-electron chi connectivity index (χ0n) is 13.8. The van der Waals surface area contributed by atoms with Crippen LogP contribution in [0.25, 0.3) is 0 Å². The van der Waals surface area contributed by atoms with E-state index in [4.69, 9.17) is 0 Å². The van der Waals surface area contributed by atoms with Crippen LogP contribution in [-0.4, -0.2) is 38.5 Å². The van der Waals surface area contributed by atoms with Crippen molar-refractivity contribution in [3.8, 4) is 0 Å². The Bertz CT molecular complexity index is 443. The summed E-state index contributed by atoms with van der Waals surface area (Å²) in [4.78, 5) is 16.7. The maximum Gasteiger partial charge on any atom is 0.261 e. The Hall–Kier alpha value is -1.56. The molecule has 0 saturated heterocycles. The van der Waals surface area contributed by atoms with Gasteiger partial charge in [-0.1, -0.05) is 19.9 Å². The summed E-state index contributed by atoms with van der Waals surface area (Å²) in [7, 11) is 1.77. The van der Waals surface area contributed by atoms with Gasteiger partial charge in [-0.2, -0.15) is 0 Å². The molecule has 6 heteroatoms. The van der Waals surface area contributed by atoms with Crippen molar-refractivity contribution >= 4 is 23.2 Å². The number of hydrogen-bond acceptors (Lipinski definition) is 3. The minimum atomic E-state index is 0.00573. The molecular formula is C16H28N4OS. The second kappa shape index (κ2) is 11.1. The first-order valence-electron chi connectivity index (χ1n) is 7.89. The SMILES string of the molecule is CN=C(NCCCNC(=O)c1cccs1)NCCCC(C)C. The van der Waals surface area contributed by atoms with E-state index in [2.05, 4.69) is 34.8 Å². The summed E-state index contributed by atoms with van der Waals surface area (Å²) < 4.78 is 0. The van der Waals surface area contributed by atoms with Crippen molar-refractivity contribution in [1.82, 2.24) is 16.0 Å². The first-order chi connectivity index (χ1) is 10.6. The van der Waals surface area contributed by atoms with Crippen molar-refractivity contribution in [3.63, 3.8) is 0 Å². The van der Waals surface area contributed by atoms with Crippen LogP contribution >= 0.6 is 11.3 Å². The normalized spacial score (nSPS) is 11.5. The molecule has 3 N–H and O–H groups in total. The maximum absolute atomic E-state index is 11.7. The third kappa shape index (κ3) is 8.02. The zero-order chi connectivity index (χ0) is 16.2. The van der Waals surface area contributed by atoms with E-state index in [-0.39, 0.29) is 5.91 Å². The molecule has 1 heterocycles. The molecule has 5 nitrogen and oxygen atoms in total. The first-order valence-corrected chi connectivity index (χ1v) is 8.77. The van der Waals surface area contributed by atoms with E-state index in [1.165, 1.54) is 17.8 Å². The molecule has 0 bridgehead atoms. The molecule has 0 aromatic carbocycles. The van der Waals surface area contributed by atoms with Crippen molar-refractivity contribution in [2.45, 2.75) is 33.1 Å². The Morgan fingerprint density at radius 2 is 1.86 bits per heavy atom. The van der Waals surface area contributed by atoms with Gasteiger partial charge in [0.15, 0.2) is 5.96 Å². The molecule has 0 aliphatic heterocycles. The van der Waals surface area contributed by atoms with Crippen molar-refractivity contribution in [3.05, 3.63) is 22.4 Å². The number of hydrogen-bond donors (Lipinski definition) is 3. The van der Waals surface area contributed by atoms with Crippen LogP contribution in [0, 0.1) is 5.92 Å². The summed E-state index contributed by atoms with van der Waals surface area (Å²) in [6.45, 7) is 6.85. The van der Waals surface area contributed by atoms with Gasteiger partial charge in [-0.15, -0.1) is 11.3 Å². The summed E-state index contributed by atoms with van der Waals surface area (Å²) in [5.74, 6) is 1.57. The van der Waals surface area contributed by atoms with Crippen molar-refractivity contribution in [1.29, 1.82) is 0 Å². The van der Waals surface area contributed by atoms with Gasteiger partial charge in [-0.3, -0.25) is 9.79 Å². The number of thiophene rings is 1. The van der Waals surface area contributed by atoms with Crippen LogP contribution in [0.5, 0.6) is 0 Å². The average molecular weight is 324 g/mol. The number of aliphatic imine (C=N–C) groups is 1. The minimum Gasteiger partial charge on any atom is -0.356 e. The molecule has 0 unspecified atom stereocenters. The summed E-state index contributed by atoms with van der Waals surface area (Å²) >= 11 is 1.46. The smallest absolute Gasteiger partial charge is 0.261 e. The van der Waals surface area contributed by atoms with Crippen molar-refractivity contribution < 1.29 is 4.79 Å². The fourth-order valence-electron chi connectivity index (χ4n) is 1.93. The van der Waals surface area contributed by atoms with E-state index < -0.39 is 0 Å². The molecular weight excluding hydrogens is 296 g/mol. The number of nitrogens with one attached hydrogen (secondary N) is 3. The lowest BCUT2D eigenvalue weighted by Crippen LogP contribution is -2.39. The van der Waals surface area contributed by atoms with Gasteiger partial charge in [0, 0.05) is 26.7 Å². The summed E-state index contributed by atoms with van der Waals surface area (Å²) in [6, 6.07) is 3.72. The molecule has 0 saturated carbocycles. The fourth-order valence-corrected chi connectivity index (χ4v) is 2.57. The Balaban J connectivity index is 2.05. The third-order valence-corrected chi connectivity index (χ3v) is 4.02. The highest BCUT2D eigenvalue weighted by Gasteiger charge is 2.04. The molecule has 0 spiro atoms. The number of amides is 1. The second-order valence-corrected chi connectivity index (χ2v) is 6.50. The van der Waals surface area contributed by atoms with Crippen LogP contribution in [0.2, 0.25) is 0 Å². The van der Waals surface area contributed by atoms with E-state index in [9.17, 15) is 4.79 Å². The van der Waals surface area contributed by atoms with Gasteiger partial charge in [0.1, 0.15) is 0 Å². The molecule has 1 rings (SSSR count). The number of carbonyl (C=O) groups is 1. The standard InChI is InChI=1S/C16H28N4OS/c1-13(2)7-4-9-19-16(17-3)20-11-6-10-18-15(21)14-8-5-12-22-14/h5,8,12-13H,4,6-7,9-11H2,1-3H3,(H,18,21)(H2,17,19,20). The lowest BCUT2D eigenvalue weighted by molar-refractivity contribution is 0.0957. The minimum absolute atomic E-state index is 0.00573. The largest absolute Gasteiger partial charge is 0.356 e. The highest BCUT2D eigenvalue weighted by Crippen LogP contribution is 2.07. The Labute approximate surface area is 137 Å². The quantitative estimate of drug-likeness (QED) is 0.371. The molecule has 124 valence electrons. The Morgan fingerprint density at radius 3 is 2.45 bits per heavy atom. The van der Waals surface area contributed by atoms with E-state index >= 15 is 0 Å². The fraction of sp³-hybridized carbons (Fsp3) is 0.625. The summed E-state index contributed by atoms with van der Waals surface area (Å²) in [6.07, 6.45) is 3.23. The Kier molecular flexibility index (Phi) is 9.30. The predicted octanol–water partition coefficient (Wildman–Crippen LogP) is 2.47. The van der Waals surface area contributed by atoms with Crippen LogP contribution < -0.4 is 16.0 Å². The molecule has 1 amide bonds. The van der Waals surface area contributed by atoms with Crippen molar-refractivity contribution in [2.24, 2.45) is 10.9 Å². The van der Waals surface area contributed by atoms with Crippen LogP contribution in [0.4, 0.5) is 0 Å². The number of guanidine groups is 1. The van der Waals surface area contributed by atoms with E-state index in [1.807, 2.05) is 17.5 Å². The van der Waals surface area contributed by atoms with Gasteiger partial charge in [0.2, 0.25) is 0 Å². The molecule has 0 radical (unpaired) electrons. The Morgan fingerprint density at radius 1 is 1.18 bits per heavy atom. The summed E-state index contributed by atoms with van der Waals surface area (Å²) in [5, 5.41) is 11.4. The van der Waals surface area contributed by atoms with Crippen LogP contribution in [0.3, 0.4) is 0 Å². The summed E-state index contributed by atoms with van der Waals surface area (Å²) in [5.41, 5.74) is 0. The lowest BCUT2D eigenvalue weighted by Gasteiger charge is -2.12. The topological polar surface area (TPSA) is 65.5 Å². The van der Waals surface area contributed by atoms with Gasteiger partial charge in [0.25, 0.3) is 5.91 Å². The number of rotatable bonds is 9. The average Bonchev–Trinajstić information content (AvgIpc) is 3.03. The lowest BCUT2D eigenvalue weighted by atomic mass is 10.1. The zero-order valence-corrected chi connectivity index (χ0v) is 14.6. The first kappa shape index (κ1) is 18.5. The van der Waals surface area contributed by atoms with Gasteiger partial charge >= 0.3 is 0 Å². The molecule has 0 fully saturated rings. The van der Waals surface area contributed by atoms with Crippen LogP contribution in [0.15, 0.2) is 22.5 Å². The van der Waals surface area contributed by atoms with E-state index in [1.54, 1.807) is 7.05 Å². The molecule has 0 aliphatic carbocycles. The van der Waals surface area contributed by atoms with Gasteiger partial charge in [-0.25, -0.2) is 0 Å². The van der Waals surface area contributed by atoms with Gasteiger partial charge in [-0.05, 0) is 36.6 Å². The number of carbonyl (C=O) groups excluding carboxylic acids is 1. The molecule has 1 aromatic rings. The molecule has 22 heavy (non-hydrogen) atoms. The molecule has 1 aromatic heterocycles. The van der Waals surface area contributed by atoms with E-state index in [0.717, 1.165) is 42.7 Å². The van der Waals surface area contributed by atoms with Crippen LogP contribution in [0.1, 0.15) is 42.8 Å². The third-order valence-electron chi connectivity index (χ3n) is 3.15. The molecule has 0 atom stereocenters. The highest BCUT2D eigenvalue weighted by molar-refractivity contribution is 7.12. The second-order valence-electron chi connectivity index (χ2n) is 5.55. The van der Waals surface area contributed by atoms with E-state index in [0.29, 0.717) is 6.54 Å².